The molecule has 0 saturated carbocycles. The molecule has 1 aromatic carbocycles. The van der Waals surface area contributed by atoms with Crippen LogP contribution in [-0.2, 0) is 0 Å². The third kappa shape index (κ3) is 1.13. The van der Waals surface area contributed by atoms with E-state index in [4.69, 9.17) is 5.11 Å². The van der Waals surface area contributed by atoms with Gasteiger partial charge in [-0.15, -0.1) is 0 Å². The van der Waals surface area contributed by atoms with Crippen LogP contribution in [0.2, 0.25) is 0 Å². The van der Waals surface area contributed by atoms with Crippen LogP contribution in [0.25, 0.3) is 0 Å². The van der Waals surface area contributed by atoms with E-state index in [2.05, 4.69) is 12.4 Å². The van der Waals surface area contributed by atoms with Crippen molar-refractivity contribution < 1.29 is 5.11 Å². The van der Waals surface area contributed by atoms with Crippen LogP contribution in [0.3, 0.4) is 0 Å². The number of para-hydroxylation sites is 2. The Morgan fingerprint density at radius 1 is 1.33 bits per heavy atom. The lowest BCUT2D eigenvalue weighted by atomic mass is 10.3. The molecule has 1 aromatic rings. The van der Waals surface area contributed by atoms with Gasteiger partial charge in [-0.2, -0.15) is 0 Å². The van der Waals surface area contributed by atoms with Crippen molar-refractivity contribution in [1.82, 2.24) is 0 Å². The molecule has 0 aliphatic carbocycles. The number of hydrogen-bond acceptors (Lipinski definition) is 2. The van der Waals surface area contributed by atoms with E-state index in [1.54, 1.807) is 18.2 Å². The van der Waals surface area contributed by atoms with E-state index in [-0.39, 0.29) is 5.75 Å². The summed E-state index contributed by atoms with van der Waals surface area (Å²) in [5, 5.41) is 11.6. The van der Waals surface area contributed by atoms with Gasteiger partial charge in [0, 0.05) is 7.05 Å². The highest BCUT2D eigenvalue weighted by atomic mass is 16.3. The molecule has 9 heavy (non-hydrogen) atoms. The average Bonchev–Trinajstić information content (AvgIpc) is 1.89. The SMILES string of the molecule is [CH2]Nc1ccccc1O. The van der Waals surface area contributed by atoms with Crippen LogP contribution in [0.4, 0.5) is 5.69 Å². The Hall–Kier alpha value is -1.18. The average molecular weight is 122 g/mol. The molecule has 0 aliphatic heterocycles. The lowest BCUT2D eigenvalue weighted by Gasteiger charge is -1.99. The fourth-order valence-corrected chi connectivity index (χ4v) is 0.623. The Morgan fingerprint density at radius 2 is 2.00 bits per heavy atom. The number of nitrogens with one attached hydrogen (secondary N) is 1. The van der Waals surface area contributed by atoms with Crippen LogP contribution in [0.5, 0.6) is 5.75 Å². The summed E-state index contributed by atoms with van der Waals surface area (Å²) in [6.07, 6.45) is 0. The number of benzene rings is 1. The molecular formula is C7H8NO. The molecule has 0 saturated heterocycles. The predicted octanol–water partition coefficient (Wildman–Crippen LogP) is 1.60. The van der Waals surface area contributed by atoms with Gasteiger partial charge in [0.05, 0.1) is 5.69 Å². The van der Waals surface area contributed by atoms with Crippen LogP contribution in [0, 0.1) is 7.05 Å². The zero-order chi connectivity index (χ0) is 6.69. The van der Waals surface area contributed by atoms with Gasteiger partial charge in [0.2, 0.25) is 0 Å². The van der Waals surface area contributed by atoms with Gasteiger partial charge in [-0.05, 0) is 12.1 Å². The van der Waals surface area contributed by atoms with Crippen molar-refractivity contribution in [2.75, 3.05) is 5.32 Å². The minimum absolute atomic E-state index is 0.229. The number of hydrogen-bond donors (Lipinski definition) is 2. The first kappa shape index (κ1) is 5.95. The van der Waals surface area contributed by atoms with Gasteiger partial charge < -0.3 is 10.4 Å². The Kier molecular flexibility index (Phi) is 1.58. The zero-order valence-electron chi connectivity index (χ0n) is 4.96. The quantitative estimate of drug-likeness (QED) is 0.554. The minimum Gasteiger partial charge on any atom is -0.506 e. The molecule has 0 spiro atoms. The number of rotatable bonds is 1. The van der Waals surface area contributed by atoms with Gasteiger partial charge in [0.15, 0.2) is 0 Å². The number of aromatic hydroxyl groups is 1. The molecular weight excluding hydrogens is 114 g/mol. The van der Waals surface area contributed by atoms with Crippen molar-refractivity contribution in [1.29, 1.82) is 0 Å². The Morgan fingerprint density at radius 3 is 2.44 bits per heavy atom. The maximum atomic E-state index is 9.01. The molecule has 2 nitrogen and oxygen atoms in total. The largest absolute Gasteiger partial charge is 0.506 e. The number of phenols is 1. The molecule has 2 N–H and O–H groups in total. The molecule has 2 heteroatoms. The molecule has 1 rings (SSSR count). The molecule has 1 radical (unpaired) electrons. The van der Waals surface area contributed by atoms with Gasteiger partial charge in [0.1, 0.15) is 5.75 Å². The summed E-state index contributed by atoms with van der Waals surface area (Å²) in [5.41, 5.74) is 0.650. The first-order chi connectivity index (χ1) is 4.34. The molecule has 0 fully saturated rings. The van der Waals surface area contributed by atoms with E-state index >= 15 is 0 Å². The lowest BCUT2D eigenvalue weighted by Crippen LogP contribution is -1.82. The van der Waals surface area contributed by atoms with Crippen LogP contribution in [0.1, 0.15) is 0 Å². The van der Waals surface area contributed by atoms with Crippen molar-refractivity contribution in [3.8, 4) is 5.75 Å². The molecule has 47 valence electrons. The second kappa shape index (κ2) is 2.40. The van der Waals surface area contributed by atoms with Crippen molar-refractivity contribution >= 4 is 5.69 Å². The predicted molar refractivity (Wildman–Crippen MR) is 37.1 cm³/mol. The maximum absolute atomic E-state index is 9.01. The fourth-order valence-electron chi connectivity index (χ4n) is 0.623. The van der Waals surface area contributed by atoms with Crippen molar-refractivity contribution in [3.63, 3.8) is 0 Å². The monoisotopic (exact) mass is 122 g/mol. The van der Waals surface area contributed by atoms with Crippen molar-refractivity contribution in [2.45, 2.75) is 0 Å². The topological polar surface area (TPSA) is 32.3 Å². The van der Waals surface area contributed by atoms with Gasteiger partial charge in [-0.1, -0.05) is 12.1 Å². The smallest absolute Gasteiger partial charge is 0.138 e. The molecule has 0 amide bonds. The van der Waals surface area contributed by atoms with Gasteiger partial charge in [-0.25, -0.2) is 0 Å². The molecule has 0 bridgehead atoms. The first-order valence-electron chi connectivity index (χ1n) is 2.65. The van der Waals surface area contributed by atoms with Crippen LogP contribution < -0.4 is 5.32 Å². The Labute approximate surface area is 54.1 Å². The number of anilines is 1. The molecule has 0 heterocycles. The summed E-state index contributed by atoms with van der Waals surface area (Å²) in [5.74, 6) is 0.229. The third-order valence-corrected chi connectivity index (χ3v) is 1.09. The van der Waals surface area contributed by atoms with Crippen LogP contribution in [0.15, 0.2) is 24.3 Å². The maximum Gasteiger partial charge on any atom is 0.138 e. The zero-order valence-corrected chi connectivity index (χ0v) is 4.96. The molecule has 0 aliphatic rings. The van der Waals surface area contributed by atoms with Crippen LogP contribution >= 0.6 is 0 Å². The van der Waals surface area contributed by atoms with Crippen molar-refractivity contribution in [2.24, 2.45) is 0 Å². The summed E-state index contributed by atoms with van der Waals surface area (Å²) < 4.78 is 0. The standard InChI is InChI=1S/C7H8NO/c1-8-6-4-2-3-5-7(6)9/h2-5,8-9H,1H2. The third-order valence-electron chi connectivity index (χ3n) is 1.09. The second-order valence-corrected chi connectivity index (χ2v) is 1.69. The lowest BCUT2D eigenvalue weighted by molar-refractivity contribution is 0.477. The first-order valence-corrected chi connectivity index (χ1v) is 2.65. The van der Waals surface area contributed by atoms with Crippen molar-refractivity contribution in [3.05, 3.63) is 31.3 Å². The van der Waals surface area contributed by atoms with Gasteiger partial charge >= 0.3 is 0 Å². The van der Waals surface area contributed by atoms with E-state index < -0.39 is 0 Å². The van der Waals surface area contributed by atoms with E-state index in [0.717, 1.165) is 0 Å². The molecule has 0 aromatic heterocycles. The summed E-state index contributed by atoms with van der Waals surface area (Å²) in [7, 11) is 3.41. The highest BCUT2D eigenvalue weighted by Gasteiger charge is 1.91. The normalized spacial score (nSPS) is 9.00. The highest BCUT2D eigenvalue weighted by molar-refractivity contribution is 5.55. The molecule has 0 unspecified atom stereocenters. The summed E-state index contributed by atoms with van der Waals surface area (Å²) in [4.78, 5) is 0. The second-order valence-electron chi connectivity index (χ2n) is 1.69. The Balaban J connectivity index is 3.01. The minimum atomic E-state index is 0.229. The molecule has 0 atom stereocenters. The highest BCUT2D eigenvalue weighted by Crippen LogP contribution is 2.20. The van der Waals surface area contributed by atoms with Gasteiger partial charge in [-0.3, -0.25) is 0 Å². The summed E-state index contributed by atoms with van der Waals surface area (Å²) in [6, 6.07) is 6.94. The van der Waals surface area contributed by atoms with E-state index in [9.17, 15) is 0 Å². The van der Waals surface area contributed by atoms with E-state index in [1.807, 2.05) is 6.07 Å². The van der Waals surface area contributed by atoms with E-state index in [0.29, 0.717) is 5.69 Å². The van der Waals surface area contributed by atoms with Gasteiger partial charge in [0.25, 0.3) is 0 Å². The Bertz CT molecular complexity index is 198. The van der Waals surface area contributed by atoms with Crippen LogP contribution in [-0.4, -0.2) is 5.11 Å². The van der Waals surface area contributed by atoms with E-state index in [1.165, 1.54) is 0 Å². The number of phenolic OH excluding ortho intramolecular Hbond substituents is 1. The fraction of sp³-hybridized carbons (Fsp3) is 0. The summed E-state index contributed by atoms with van der Waals surface area (Å²) >= 11 is 0. The summed E-state index contributed by atoms with van der Waals surface area (Å²) in [6.45, 7) is 0.